The van der Waals surface area contributed by atoms with E-state index in [1.165, 1.54) is 5.56 Å². The molecule has 1 heterocycles. The lowest BCUT2D eigenvalue weighted by atomic mass is 10.1. The van der Waals surface area contributed by atoms with Gasteiger partial charge in [0.15, 0.2) is 5.11 Å². The molecule has 1 aromatic carbocycles. The molecule has 1 atom stereocenters. The van der Waals surface area contributed by atoms with Gasteiger partial charge >= 0.3 is 0 Å². The van der Waals surface area contributed by atoms with Crippen LogP contribution < -0.4 is 5.73 Å². The van der Waals surface area contributed by atoms with Gasteiger partial charge in [0.05, 0.1) is 0 Å². The van der Waals surface area contributed by atoms with Crippen molar-refractivity contribution in [3.05, 3.63) is 35.9 Å². The zero-order valence-electron chi connectivity index (χ0n) is 10.9. The van der Waals surface area contributed by atoms with Crippen molar-refractivity contribution in [2.45, 2.75) is 25.9 Å². The third-order valence-electron chi connectivity index (χ3n) is 3.64. The minimum absolute atomic E-state index is 0.531. The van der Waals surface area contributed by atoms with E-state index in [1.807, 2.05) is 0 Å². The largest absolute Gasteiger partial charge is 0.376 e. The second kappa shape index (κ2) is 6.16. The fraction of sp³-hybridized carbons (Fsp3) is 0.500. The summed E-state index contributed by atoms with van der Waals surface area (Å²) >= 11 is 5.07. The number of nitrogens with two attached hydrogens (primary N) is 1. The van der Waals surface area contributed by atoms with Crippen molar-refractivity contribution in [3.63, 3.8) is 0 Å². The van der Waals surface area contributed by atoms with Crippen LogP contribution >= 0.6 is 12.2 Å². The predicted octanol–water partition coefficient (Wildman–Crippen LogP) is 1.83. The Bertz CT molecular complexity index is 393. The van der Waals surface area contributed by atoms with Crippen molar-refractivity contribution < 1.29 is 0 Å². The van der Waals surface area contributed by atoms with Crippen LogP contribution in [0.15, 0.2) is 30.3 Å². The molecule has 0 spiro atoms. The van der Waals surface area contributed by atoms with Crippen LogP contribution in [0.3, 0.4) is 0 Å². The van der Waals surface area contributed by atoms with Gasteiger partial charge in [-0.15, -0.1) is 0 Å². The summed E-state index contributed by atoms with van der Waals surface area (Å²) in [5, 5.41) is 0.531. The zero-order chi connectivity index (χ0) is 13.0. The second-order valence-electron chi connectivity index (χ2n) is 4.92. The molecule has 98 valence electrons. The fourth-order valence-corrected chi connectivity index (χ4v) is 2.56. The summed E-state index contributed by atoms with van der Waals surface area (Å²) in [5.41, 5.74) is 7.09. The Kier molecular flexibility index (Phi) is 4.55. The highest BCUT2D eigenvalue weighted by Gasteiger charge is 2.21. The quantitative estimate of drug-likeness (QED) is 0.825. The van der Waals surface area contributed by atoms with Crippen LogP contribution in [0.5, 0.6) is 0 Å². The van der Waals surface area contributed by atoms with Crippen LogP contribution in [-0.4, -0.2) is 40.6 Å². The zero-order valence-corrected chi connectivity index (χ0v) is 11.7. The molecule has 1 aliphatic rings. The molecule has 0 aliphatic carbocycles. The molecule has 0 amide bonds. The summed E-state index contributed by atoms with van der Waals surface area (Å²) in [6, 6.07) is 11.2. The van der Waals surface area contributed by atoms with E-state index in [0.29, 0.717) is 11.2 Å². The van der Waals surface area contributed by atoms with E-state index in [0.717, 1.165) is 32.6 Å². The normalized spacial score (nSPS) is 21.6. The molecule has 2 N–H and O–H groups in total. The van der Waals surface area contributed by atoms with Gasteiger partial charge in [0.25, 0.3) is 0 Å². The number of hydrogen-bond donors (Lipinski definition) is 1. The molecular weight excluding hydrogens is 242 g/mol. The van der Waals surface area contributed by atoms with Crippen molar-refractivity contribution in [1.82, 2.24) is 9.80 Å². The summed E-state index contributed by atoms with van der Waals surface area (Å²) in [6.07, 6.45) is 1.12. The van der Waals surface area contributed by atoms with Gasteiger partial charge in [-0.1, -0.05) is 30.3 Å². The predicted molar refractivity (Wildman–Crippen MR) is 79.3 cm³/mol. The minimum Gasteiger partial charge on any atom is -0.376 e. The van der Waals surface area contributed by atoms with Gasteiger partial charge in [-0.3, -0.25) is 4.90 Å². The lowest BCUT2D eigenvalue weighted by Crippen LogP contribution is -2.38. The van der Waals surface area contributed by atoms with Crippen molar-refractivity contribution in [2.24, 2.45) is 5.73 Å². The smallest absolute Gasteiger partial charge is 0.166 e. The topological polar surface area (TPSA) is 32.5 Å². The Morgan fingerprint density at radius 1 is 1.28 bits per heavy atom. The van der Waals surface area contributed by atoms with Gasteiger partial charge in [-0.05, 0) is 31.1 Å². The first-order valence-corrected chi connectivity index (χ1v) is 6.90. The maximum absolute atomic E-state index is 5.72. The van der Waals surface area contributed by atoms with E-state index >= 15 is 0 Å². The van der Waals surface area contributed by atoms with Gasteiger partial charge in [0, 0.05) is 32.2 Å². The average Bonchev–Trinajstić information content (AvgIpc) is 2.54. The molecule has 3 nitrogen and oxygen atoms in total. The Balaban J connectivity index is 1.98. The van der Waals surface area contributed by atoms with Crippen molar-refractivity contribution in [1.29, 1.82) is 0 Å². The lowest BCUT2D eigenvalue weighted by molar-refractivity contribution is 0.210. The van der Waals surface area contributed by atoms with Crippen molar-refractivity contribution in [3.8, 4) is 0 Å². The highest BCUT2D eigenvalue weighted by Crippen LogP contribution is 2.14. The molecule has 1 aromatic rings. The van der Waals surface area contributed by atoms with Gasteiger partial charge in [0.2, 0.25) is 0 Å². The highest BCUT2D eigenvalue weighted by atomic mass is 32.1. The Morgan fingerprint density at radius 3 is 2.67 bits per heavy atom. The van der Waals surface area contributed by atoms with E-state index in [9.17, 15) is 0 Å². The van der Waals surface area contributed by atoms with Gasteiger partial charge < -0.3 is 10.6 Å². The molecule has 1 fully saturated rings. The van der Waals surface area contributed by atoms with E-state index in [-0.39, 0.29) is 0 Å². The number of rotatable bonds is 2. The molecule has 18 heavy (non-hydrogen) atoms. The highest BCUT2D eigenvalue weighted by molar-refractivity contribution is 7.80. The molecule has 1 saturated heterocycles. The monoisotopic (exact) mass is 263 g/mol. The molecule has 0 saturated carbocycles. The number of nitrogens with zero attached hydrogens (tertiary/aromatic N) is 2. The van der Waals surface area contributed by atoms with Crippen molar-refractivity contribution in [2.75, 3.05) is 19.6 Å². The molecular formula is C14H21N3S. The van der Waals surface area contributed by atoms with Gasteiger partial charge in [0.1, 0.15) is 0 Å². The Labute approximate surface area is 115 Å². The number of thiocarbonyl (C=S) groups is 1. The Morgan fingerprint density at radius 2 is 2.00 bits per heavy atom. The standard InChI is InChI=1S/C14H21N3S/c1-12-7-8-16(14(15)18)9-10-17(12)11-13-5-3-2-4-6-13/h2-6,12H,7-11H2,1H3,(H2,15,18). The summed E-state index contributed by atoms with van der Waals surface area (Å²) < 4.78 is 0. The minimum atomic E-state index is 0.531. The SMILES string of the molecule is CC1CCN(C(N)=S)CCN1Cc1ccccc1. The van der Waals surface area contributed by atoms with Crippen LogP contribution in [0.4, 0.5) is 0 Å². The first kappa shape index (κ1) is 13.3. The van der Waals surface area contributed by atoms with E-state index in [2.05, 4.69) is 47.1 Å². The van der Waals surface area contributed by atoms with Crippen LogP contribution in [0.1, 0.15) is 18.9 Å². The molecule has 2 rings (SSSR count). The van der Waals surface area contributed by atoms with Crippen LogP contribution in [-0.2, 0) is 6.54 Å². The third kappa shape index (κ3) is 3.43. The molecule has 4 heteroatoms. The summed E-state index contributed by atoms with van der Waals surface area (Å²) in [7, 11) is 0. The van der Waals surface area contributed by atoms with Crippen LogP contribution in [0.25, 0.3) is 0 Å². The molecule has 0 aromatic heterocycles. The second-order valence-corrected chi connectivity index (χ2v) is 5.34. The molecule has 0 bridgehead atoms. The molecule has 1 aliphatic heterocycles. The van der Waals surface area contributed by atoms with Gasteiger partial charge in [-0.2, -0.15) is 0 Å². The maximum atomic E-state index is 5.72. The molecule has 0 radical (unpaired) electrons. The molecule has 1 unspecified atom stereocenters. The lowest BCUT2D eigenvalue weighted by Gasteiger charge is -2.26. The van der Waals surface area contributed by atoms with E-state index in [1.54, 1.807) is 0 Å². The van der Waals surface area contributed by atoms with Crippen LogP contribution in [0, 0.1) is 0 Å². The van der Waals surface area contributed by atoms with Crippen LogP contribution in [0.2, 0.25) is 0 Å². The number of benzene rings is 1. The first-order chi connectivity index (χ1) is 8.66. The van der Waals surface area contributed by atoms with E-state index < -0.39 is 0 Å². The van der Waals surface area contributed by atoms with Gasteiger partial charge in [-0.25, -0.2) is 0 Å². The first-order valence-electron chi connectivity index (χ1n) is 6.49. The summed E-state index contributed by atoms with van der Waals surface area (Å²) in [4.78, 5) is 4.62. The maximum Gasteiger partial charge on any atom is 0.166 e. The number of hydrogen-bond acceptors (Lipinski definition) is 2. The Hall–Kier alpha value is -1.13. The van der Waals surface area contributed by atoms with E-state index in [4.69, 9.17) is 18.0 Å². The summed E-state index contributed by atoms with van der Waals surface area (Å²) in [6.45, 7) is 6.22. The van der Waals surface area contributed by atoms with Crippen molar-refractivity contribution >= 4 is 17.3 Å². The summed E-state index contributed by atoms with van der Waals surface area (Å²) in [5.74, 6) is 0. The average molecular weight is 263 g/mol. The fourth-order valence-electron chi connectivity index (χ4n) is 2.38. The third-order valence-corrected chi connectivity index (χ3v) is 3.90.